The molecule has 5 heteroatoms. The number of rotatable bonds is 4. The van der Waals surface area contributed by atoms with Crippen LogP contribution in [0.5, 0.6) is 5.75 Å². The molecule has 2 aromatic rings. The first kappa shape index (κ1) is 14.4. The van der Waals surface area contributed by atoms with E-state index in [4.69, 9.17) is 16.2 Å². The second kappa shape index (κ2) is 6.05. The van der Waals surface area contributed by atoms with Gasteiger partial charge in [-0.1, -0.05) is 0 Å². The van der Waals surface area contributed by atoms with Crippen LogP contribution in [0.2, 0.25) is 0 Å². The lowest BCUT2D eigenvalue weighted by atomic mass is 10.0. The molecule has 2 heterocycles. The van der Waals surface area contributed by atoms with Gasteiger partial charge >= 0.3 is 0 Å². The largest absolute Gasteiger partial charge is 0.497 e. The first-order valence-corrected chi connectivity index (χ1v) is 7.53. The van der Waals surface area contributed by atoms with Gasteiger partial charge in [-0.2, -0.15) is 0 Å². The lowest BCUT2D eigenvalue weighted by molar-refractivity contribution is 0.192. The minimum atomic E-state index is 0.205. The zero-order chi connectivity index (χ0) is 14.8. The van der Waals surface area contributed by atoms with E-state index in [2.05, 4.69) is 28.2 Å². The van der Waals surface area contributed by atoms with Gasteiger partial charge in [-0.25, -0.2) is 0 Å². The van der Waals surface area contributed by atoms with E-state index in [1.165, 1.54) is 10.9 Å². The van der Waals surface area contributed by atoms with Gasteiger partial charge in [0, 0.05) is 48.8 Å². The summed E-state index contributed by atoms with van der Waals surface area (Å²) in [5.74, 6) is 0.894. The van der Waals surface area contributed by atoms with E-state index in [0.717, 1.165) is 43.7 Å². The summed E-state index contributed by atoms with van der Waals surface area (Å²) in [6, 6.07) is 6.54. The van der Waals surface area contributed by atoms with E-state index in [-0.39, 0.29) is 12.1 Å². The highest BCUT2D eigenvalue weighted by Crippen LogP contribution is 2.24. The van der Waals surface area contributed by atoms with E-state index in [0.29, 0.717) is 0 Å². The number of H-pyrrole nitrogens is 1. The monoisotopic (exact) mass is 288 g/mol. The van der Waals surface area contributed by atoms with Crippen LogP contribution in [-0.2, 0) is 6.42 Å². The molecule has 5 N–H and O–H groups in total. The second-order valence-corrected chi connectivity index (χ2v) is 5.99. The van der Waals surface area contributed by atoms with Crippen molar-refractivity contribution in [3.63, 3.8) is 0 Å². The summed E-state index contributed by atoms with van der Waals surface area (Å²) in [6.07, 6.45) is 4.02. The smallest absolute Gasteiger partial charge is 0.119 e. The Morgan fingerprint density at radius 1 is 1.29 bits per heavy atom. The Balaban J connectivity index is 1.70. The second-order valence-electron chi connectivity index (χ2n) is 5.99. The van der Waals surface area contributed by atoms with Crippen molar-refractivity contribution in [2.45, 2.75) is 24.9 Å². The number of aromatic amines is 1. The molecule has 0 spiro atoms. The Hall–Kier alpha value is -1.56. The summed E-state index contributed by atoms with van der Waals surface area (Å²) in [4.78, 5) is 5.69. The molecule has 0 bridgehead atoms. The van der Waals surface area contributed by atoms with E-state index in [1.54, 1.807) is 7.11 Å². The molecule has 1 saturated heterocycles. The minimum Gasteiger partial charge on any atom is -0.497 e. The van der Waals surface area contributed by atoms with Crippen LogP contribution in [0.1, 0.15) is 12.0 Å². The van der Waals surface area contributed by atoms with Gasteiger partial charge in [0.05, 0.1) is 7.11 Å². The van der Waals surface area contributed by atoms with Gasteiger partial charge in [-0.15, -0.1) is 0 Å². The molecule has 1 aliphatic rings. The number of fused-ring (bicyclic) bond motifs is 1. The average molecular weight is 288 g/mol. The highest BCUT2D eigenvalue weighted by molar-refractivity contribution is 5.84. The summed E-state index contributed by atoms with van der Waals surface area (Å²) in [5.41, 5.74) is 14.6. The summed E-state index contributed by atoms with van der Waals surface area (Å²) in [7, 11) is 1.70. The molecule has 3 rings (SSSR count). The minimum absolute atomic E-state index is 0.205. The maximum absolute atomic E-state index is 6.05. The average Bonchev–Trinajstić information content (AvgIpc) is 2.86. The number of ether oxygens (including phenoxy) is 1. The van der Waals surface area contributed by atoms with Crippen molar-refractivity contribution in [2.24, 2.45) is 11.5 Å². The molecule has 0 saturated carbocycles. The normalized spacial score (nSPS) is 23.6. The topological polar surface area (TPSA) is 80.3 Å². The van der Waals surface area contributed by atoms with Crippen LogP contribution < -0.4 is 16.2 Å². The molecule has 0 radical (unpaired) electrons. The molecular formula is C16H24N4O. The lowest BCUT2D eigenvalue weighted by Gasteiger charge is -2.34. The molecule has 1 aromatic carbocycles. The number of benzene rings is 1. The quantitative estimate of drug-likeness (QED) is 0.786. The third-order valence-corrected chi connectivity index (χ3v) is 4.26. The zero-order valence-corrected chi connectivity index (χ0v) is 12.5. The Morgan fingerprint density at radius 3 is 2.76 bits per heavy atom. The van der Waals surface area contributed by atoms with Crippen LogP contribution in [0.3, 0.4) is 0 Å². The summed E-state index contributed by atoms with van der Waals surface area (Å²) < 4.78 is 5.31. The fourth-order valence-corrected chi connectivity index (χ4v) is 3.23. The van der Waals surface area contributed by atoms with Crippen LogP contribution in [0.15, 0.2) is 24.4 Å². The molecule has 0 amide bonds. The SMILES string of the molecule is COc1ccc2[nH]cc(CCN3C[C@H](N)C[C@H](N)C3)c2c1. The lowest BCUT2D eigenvalue weighted by Crippen LogP contribution is -2.52. The molecule has 2 atom stereocenters. The summed E-state index contributed by atoms with van der Waals surface area (Å²) in [5, 5.41) is 1.24. The van der Waals surface area contributed by atoms with Gasteiger partial charge in [-0.3, -0.25) is 4.90 Å². The van der Waals surface area contributed by atoms with Crippen molar-refractivity contribution in [3.8, 4) is 5.75 Å². The highest BCUT2D eigenvalue weighted by atomic mass is 16.5. The maximum Gasteiger partial charge on any atom is 0.119 e. The molecule has 0 aliphatic carbocycles. The van der Waals surface area contributed by atoms with Crippen LogP contribution >= 0.6 is 0 Å². The molecule has 5 nitrogen and oxygen atoms in total. The van der Waals surface area contributed by atoms with E-state index in [1.807, 2.05) is 6.07 Å². The molecule has 1 aliphatic heterocycles. The van der Waals surface area contributed by atoms with E-state index in [9.17, 15) is 0 Å². The van der Waals surface area contributed by atoms with Gasteiger partial charge in [0.15, 0.2) is 0 Å². The number of piperidine rings is 1. The number of hydrogen-bond donors (Lipinski definition) is 3. The summed E-state index contributed by atoms with van der Waals surface area (Å²) >= 11 is 0. The Morgan fingerprint density at radius 2 is 2.05 bits per heavy atom. The van der Waals surface area contributed by atoms with Gasteiger partial charge in [-0.05, 0) is 36.6 Å². The van der Waals surface area contributed by atoms with Crippen LogP contribution in [0.4, 0.5) is 0 Å². The fraction of sp³-hybridized carbons (Fsp3) is 0.500. The number of likely N-dealkylation sites (tertiary alicyclic amines) is 1. The molecule has 114 valence electrons. The highest BCUT2D eigenvalue weighted by Gasteiger charge is 2.22. The molecule has 1 fully saturated rings. The number of nitrogens with one attached hydrogen (secondary N) is 1. The Labute approximate surface area is 125 Å². The molecule has 0 unspecified atom stereocenters. The number of nitrogens with zero attached hydrogens (tertiary/aromatic N) is 1. The number of aromatic nitrogens is 1. The van der Waals surface area contributed by atoms with Gasteiger partial charge in [0.1, 0.15) is 5.75 Å². The van der Waals surface area contributed by atoms with E-state index >= 15 is 0 Å². The number of hydrogen-bond acceptors (Lipinski definition) is 4. The first-order valence-electron chi connectivity index (χ1n) is 7.53. The summed E-state index contributed by atoms with van der Waals surface area (Å²) in [6.45, 7) is 2.88. The Kier molecular flexibility index (Phi) is 4.14. The predicted molar refractivity (Wildman–Crippen MR) is 85.6 cm³/mol. The third-order valence-electron chi connectivity index (χ3n) is 4.26. The standard InChI is InChI=1S/C16H24N4O/c1-21-14-2-3-16-15(7-14)11(8-19-16)4-5-20-9-12(17)6-13(18)10-20/h2-3,7-8,12-13,19H,4-6,9-10,17-18H2,1H3/t12-,13+. The number of methoxy groups -OCH3 is 1. The molecule has 1 aromatic heterocycles. The third kappa shape index (κ3) is 3.20. The van der Waals surface area contributed by atoms with Crippen molar-refractivity contribution in [1.29, 1.82) is 0 Å². The van der Waals surface area contributed by atoms with Crippen LogP contribution in [0, 0.1) is 0 Å². The molecular weight excluding hydrogens is 264 g/mol. The van der Waals surface area contributed by atoms with Crippen molar-refractivity contribution >= 4 is 10.9 Å². The van der Waals surface area contributed by atoms with Gasteiger partial charge in [0.25, 0.3) is 0 Å². The van der Waals surface area contributed by atoms with Gasteiger partial charge < -0.3 is 21.2 Å². The fourth-order valence-electron chi connectivity index (χ4n) is 3.23. The zero-order valence-electron chi connectivity index (χ0n) is 12.5. The Bertz CT molecular complexity index is 599. The van der Waals surface area contributed by atoms with Crippen molar-refractivity contribution in [2.75, 3.05) is 26.7 Å². The van der Waals surface area contributed by atoms with Crippen LogP contribution in [-0.4, -0.2) is 48.7 Å². The van der Waals surface area contributed by atoms with Crippen molar-refractivity contribution in [1.82, 2.24) is 9.88 Å². The maximum atomic E-state index is 6.05. The first-order chi connectivity index (χ1) is 10.2. The van der Waals surface area contributed by atoms with Crippen molar-refractivity contribution in [3.05, 3.63) is 30.0 Å². The van der Waals surface area contributed by atoms with Gasteiger partial charge in [0.2, 0.25) is 0 Å². The van der Waals surface area contributed by atoms with Crippen LogP contribution in [0.25, 0.3) is 10.9 Å². The number of nitrogens with two attached hydrogens (primary N) is 2. The predicted octanol–water partition coefficient (Wildman–Crippen LogP) is 1.08. The molecule has 21 heavy (non-hydrogen) atoms. The van der Waals surface area contributed by atoms with Crippen molar-refractivity contribution < 1.29 is 4.74 Å². The van der Waals surface area contributed by atoms with E-state index < -0.39 is 0 Å².